The normalized spacial score (nSPS) is 13.6. The second kappa shape index (κ2) is 5.48. The van der Waals surface area contributed by atoms with Crippen LogP contribution in [0.5, 0.6) is 0 Å². The molecular weight excluding hydrogens is 235 g/mol. The maximum Gasteiger partial charge on any atom is 0.416 e. The molecule has 0 heterocycles. The molecule has 1 aromatic rings. The van der Waals surface area contributed by atoms with Gasteiger partial charge in [-0.25, -0.2) is 0 Å². The van der Waals surface area contributed by atoms with E-state index in [2.05, 4.69) is 12.2 Å². The van der Waals surface area contributed by atoms with Gasteiger partial charge in [0.1, 0.15) is 0 Å². The van der Waals surface area contributed by atoms with Gasteiger partial charge in [0.15, 0.2) is 0 Å². The maximum atomic E-state index is 12.3. The zero-order valence-corrected chi connectivity index (χ0v) is 9.95. The molecule has 0 aliphatic heterocycles. The number of hydrogen-bond acceptors (Lipinski definition) is 2. The largest absolute Gasteiger partial charge is 0.416 e. The summed E-state index contributed by atoms with van der Waals surface area (Å²) in [5, 5.41) is 3.52. The quantitative estimate of drug-likeness (QED) is 0.869. The number of halogens is 3. The molecule has 0 aliphatic carbocycles. The van der Waals surface area contributed by atoms with Gasteiger partial charge in [-0.3, -0.25) is 0 Å². The first-order chi connectivity index (χ1) is 7.43. The van der Waals surface area contributed by atoms with E-state index in [0.717, 1.165) is 18.7 Å². The highest BCUT2D eigenvalue weighted by Gasteiger charge is 2.29. The van der Waals surface area contributed by atoms with E-state index >= 15 is 0 Å². The minimum atomic E-state index is -4.26. The molecule has 90 valence electrons. The Kier molecular flexibility index (Phi) is 4.53. The van der Waals surface area contributed by atoms with E-state index in [1.54, 1.807) is 11.8 Å². The Morgan fingerprint density at radius 1 is 1.25 bits per heavy atom. The Balaban J connectivity index is 2.58. The van der Waals surface area contributed by atoms with Crippen LogP contribution in [0.4, 0.5) is 18.9 Å². The van der Waals surface area contributed by atoms with E-state index in [-0.39, 0.29) is 0 Å². The van der Waals surface area contributed by atoms with Crippen molar-refractivity contribution in [2.45, 2.75) is 18.3 Å². The van der Waals surface area contributed by atoms with Crippen LogP contribution >= 0.6 is 11.8 Å². The molecule has 1 aromatic carbocycles. The molecule has 0 fully saturated rings. The minimum Gasteiger partial charge on any atom is -0.384 e. The highest BCUT2D eigenvalue weighted by atomic mass is 32.2. The van der Waals surface area contributed by atoms with E-state index < -0.39 is 11.7 Å². The Morgan fingerprint density at radius 3 is 2.25 bits per heavy atom. The first-order valence-electron chi connectivity index (χ1n) is 4.87. The Morgan fingerprint density at radius 2 is 1.81 bits per heavy atom. The van der Waals surface area contributed by atoms with Gasteiger partial charge in [0.05, 0.1) is 5.56 Å². The van der Waals surface area contributed by atoms with Crippen molar-refractivity contribution in [1.82, 2.24) is 0 Å². The van der Waals surface area contributed by atoms with Crippen molar-refractivity contribution in [3.05, 3.63) is 29.8 Å². The van der Waals surface area contributed by atoms with E-state index in [1.165, 1.54) is 12.1 Å². The van der Waals surface area contributed by atoms with Gasteiger partial charge < -0.3 is 5.32 Å². The van der Waals surface area contributed by atoms with Crippen LogP contribution < -0.4 is 5.32 Å². The Bertz CT molecular complexity index is 321. The van der Waals surface area contributed by atoms with E-state index in [9.17, 15) is 13.2 Å². The van der Waals surface area contributed by atoms with Crippen molar-refractivity contribution in [2.75, 3.05) is 18.1 Å². The zero-order valence-electron chi connectivity index (χ0n) is 9.14. The predicted molar refractivity (Wildman–Crippen MR) is 62.9 cm³/mol. The van der Waals surface area contributed by atoms with Crippen LogP contribution in [0, 0.1) is 0 Å². The van der Waals surface area contributed by atoms with Crippen LogP contribution in [0.25, 0.3) is 0 Å². The molecule has 0 radical (unpaired) electrons. The van der Waals surface area contributed by atoms with Gasteiger partial charge >= 0.3 is 6.18 Å². The predicted octanol–water partition coefficient (Wildman–Crippen LogP) is 3.87. The van der Waals surface area contributed by atoms with Crippen molar-refractivity contribution in [3.8, 4) is 0 Å². The second-order valence-electron chi connectivity index (χ2n) is 3.50. The second-order valence-corrected chi connectivity index (χ2v) is 4.78. The lowest BCUT2D eigenvalue weighted by molar-refractivity contribution is -0.137. The molecular formula is C11H14F3NS. The summed E-state index contributed by atoms with van der Waals surface area (Å²) in [5.41, 5.74) is 0.102. The lowest BCUT2D eigenvalue weighted by Gasteiger charge is -2.12. The molecule has 0 aromatic heterocycles. The molecule has 1 N–H and O–H groups in total. The number of thioether (sulfide) groups is 1. The highest BCUT2D eigenvalue weighted by Crippen LogP contribution is 2.29. The van der Waals surface area contributed by atoms with Gasteiger partial charge in [-0.1, -0.05) is 6.92 Å². The van der Waals surface area contributed by atoms with Crippen molar-refractivity contribution in [1.29, 1.82) is 0 Å². The van der Waals surface area contributed by atoms with Gasteiger partial charge in [-0.15, -0.1) is 0 Å². The molecule has 0 saturated heterocycles. The minimum absolute atomic E-state index is 0.433. The molecule has 5 heteroatoms. The average Bonchev–Trinajstić information content (AvgIpc) is 2.25. The standard InChI is InChI=1S/C11H14F3NS/c1-8(16-2)7-15-10-5-3-9(4-6-10)11(12,13)14/h3-6,8,15H,7H2,1-2H3. The molecule has 0 saturated carbocycles. The number of rotatable bonds is 4. The SMILES string of the molecule is CSC(C)CNc1ccc(C(F)(F)F)cc1. The van der Waals surface area contributed by atoms with Crippen LogP contribution in [-0.4, -0.2) is 18.1 Å². The summed E-state index contributed by atoms with van der Waals surface area (Å²) in [4.78, 5) is 0. The first-order valence-corrected chi connectivity index (χ1v) is 6.16. The van der Waals surface area contributed by atoms with Gasteiger partial charge in [0.25, 0.3) is 0 Å². The smallest absolute Gasteiger partial charge is 0.384 e. The van der Waals surface area contributed by atoms with Crippen LogP contribution in [0.3, 0.4) is 0 Å². The third kappa shape index (κ3) is 3.96. The van der Waals surface area contributed by atoms with Gasteiger partial charge in [0, 0.05) is 17.5 Å². The van der Waals surface area contributed by atoms with Crippen molar-refractivity contribution in [3.63, 3.8) is 0 Å². The summed E-state index contributed by atoms with van der Waals surface area (Å²) in [5.74, 6) is 0. The number of alkyl halides is 3. The fourth-order valence-corrected chi connectivity index (χ4v) is 1.37. The Labute approximate surface area is 97.4 Å². The molecule has 0 amide bonds. The third-order valence-corrected chi connectivity index (χ3v) is 3.18. The molecule has 0 aliphatic rings. The van der Waals surface area contributed by atoms with E-state index in [4.69, 9.17) is 0 Å². The summed E-state index contributed by atoms with van der Waals surface area (Å²) >= 11 is 1.71. The number of benzene rings is 1. The summed E-state index contributed by atoms with van der Waals surface area (Å²) in [7, 11) is 0. The average molecular weight is 249 g/mol. The van der Waals surface area contributed by atoms with Crippen LogP contribution in [0.15, 0.2) is 24.3 Å². The summed E-state index contributed by atoms with van der Waals surface area (Å²) < 4.78 is 36.8. The molecule has 1 rings (SSSR count). The van der Waals surface area contributed by atoms with Gasteiger partial charge in [0.2, 0.25) is 0 Å². The van der Waals surface area contributed by atoms with Crippen molar-refractivity contribution < 1.29 is 13.2 Å². The van der Waals surface area contributed by atoms with Gasteiger partial charge in [-0.2, -0.15) is 24.9 Å². The van der Waals surface area contributed by atoms with Crippen molar-refractivity contribution >= 4 is 17.4 Å². The summed E-state index contributed by atoms with van der Waals surface area (Å²) in [6.07, 6.45) is -2.26. The highest BCUT2D eigenvalue weighted by molar-refractivity contribution is 7.99. The summed E-state index contributed by atoms with van der Waals surface area (Å²) in [6.45, 7) is 2.80. The molecule has 1 nitrogen and oxygen atoms in total. The fraction of sp³-hybridized carbons (Fsp3) is 0.455. The number of hydrogen-bond donors (Lipinski definition) is 1. The van der Waals surface area contributed by atoms with Crippen LogP contribution in [0.2, 0.25) is 0 Å². The van der Waals surface area contributed by atoms with Crippen LogP contribution in [-0.2, 0) is 6.18 Å². The zero-order chi connectivity index (χ0) is 12.2. The van der Waals surface area contributed by atoms with E-state index in [1.807, 2.05) is 6.26 Å². The fourth-order valence-electron chi connectivity index (χ4n) is 1.12. The Hall–Kier alpha value is -0.840. The lowest BCUT2D eigenvalue weighted by Crippen LogP contribution is -2.12. The maximum absolute atomic E-state index is 12.3. The van der Waals surface area contributed by atoms with Gasteiger partial charge in [-0.05, 0) is 30.5 Å². The first kappa shape index (κ1) is 13.2. The number of anilines is 1. The molecule has 0 spiro atoms. The van der Waals surface area contributed by atoms with E-state index in [0.29, 0.717) is 10.9 Å². The topological polar surface area (TPSA) is 12.0 Å². The summed E-state index contributed by atoms with van der Waals surface area (Å²) in [6, 6.07) is 5.09. The molecule has 1 unspecified atom stereocenters. The molecule has 16 heavy (non-hydrogen) atoms. The number of nitrogens with one attached hydrogen (secondary N) is 1. The molecule has 0 bridgehead atoms. The monoisotopic (exact) mass is 249 g/mol. The third-order valence-electron chi connectivity index (χ3n) is 2.21. The lowest BCUT2D eigenvalue weighted by atomic mass is 10.2. The van der Waals surface area contributed by atoms with Crippen LogP contribution in [0.1, 0.15) is 12.5 Å². The molecule has 1 atom stereocenters. The van der Waals surface area contributed by atoms with Crippen molar-refractivity contribution in [2.24, 2.45) is 0 Å².